The molecule has 3 aromatic rings. The molecule has 1 aromatic heterocycles. The molecule has 0 radical (unpaired) electrons. The fourth-order valence-corrected chi connectivity index (χ4v) is 2.83. The molecule has 1 heterocycles. The van der Waals surface area contributed by atoms with Crippen molar-refractivity contribution in [3.8, 4) is 0 Å². The monoisotopic (exact) mass is 370 g/mol. The van der Waals surface area contributed by atoms with Gasteiger partial charge in [-0.15, -0.1) is 0 Å². The van der Waals surface area contributed by atoms with Gasteiger partial charge >= 0.3 is 6.18 Å². The second-order valence-corrected chi connectivity index (χ2v) is 6.29. The summed E-state index contributed by atoms with van der Waals surface area (Å²) in [6.45, 7) is 0. The lowest BCUT2D eigenvalue weighted by Crippen LogP contribution is -2.11. The number of hydrogen-bond donors (Lipinski definition) is 0. The van der Waals surface area contributed by atoms with Gasteiger partial charge in [-0.05, 0) is 29.8 Å². The molecule has 3 rings (SSSR count). The predicted octanol–water partition coefficient (Wildman–Crippen LogP) is 5.04. The fourth-order valence-electron chi connectivity index (χ4n) is 2.83. The van der Waals surface area contributed by atoms with Crippen LogP contribution in [0.3, 0.4) is 0 Å². The molecule has 0 spiro atoms. The summed E-state index contributed by atoms with van der Waals surface area (Å²) in [7, 11) is 3.51. The number of benzene rings is 2. The van der Waals surface area contributed by atoms with E-state index >= 15 is 0 Å². The summed E-state index contributed by atoms with van der Waals surface area (Å²) in [5.74, 6) is -0.480. The van der Waals surface area contributed by atoms with Gasteiger partial charge in [-0.1, -0.05) is 30.3 Å². The van der Waals surface area contributed by atoms with Crippen molar-refractivity contribution in [1.29, 1.82) is 0 Å². The van der Waals surface area contributed by atoms with Gasteiger partial charge in [-0.3, -0.25) is 9.78 Å². The quantitative estimate of drug-likeness (QED) is 0.477. The van der Waals surface area contributed by atoms with Crippen LogP contribution in [0.4, 0.5) is 13.2 Å². The number of nitrogens with zero attached hydrogens (tertiary/aromatic N) is 2. The predicted molar refractivity (Wildman–Crippen MR) is 99.2 cm³/mol. The van der Waals surface area contributed by atoms with Crippen LogP contribution < -0.4 is 0 Å². The van der Waals surface area contributed by atoms with Gasteiger partial charge < -0.3 is 4.90 Å². The van der Waals surface area contributed by atoms with Gasteiger partial charge in [0.15, 0.2) is 5.78 Å². The van der Waals surface area contributed by atoms with Crippen molar-refractivity contribution in [2.45, 2.75) is 6.18 Å². The molecule has 0 aliphatic carbocycles. The summed E-state index contributed by atoms with van der Waals surface area (Å²) in [5.41, 5.74) is 0.766. The second kappa shape index (κ2) is 7.23. The van der Waals surface area contributed by atoms with Crippen molar-refractivity contribution in [2.24, 2.45) is 0 Å². The summed E-state index contributed by atoms with van der Waals surface area (Å²) in [4.78, 5) is 19.1. The number of halogens is 3. The Hall–Kier alpha value is -3.15. The maximum absolute atomic E-state index is 13.1. The molecule has 0 saturated carbocycles. The van der Waals surface area contributed by atoms with Gasteiger partial charge in [0.05, 0.1) is 11.1 Å². The van der Waals surface area contributed by atoms with Gasteiger partial charge in [0.2, 0.25) is 0 Å². The zero-order valence-electron chi connectivity index (χ0n) is 14.8. The number of ketones is 1. The Morgan fingerprint density at radius 1 is 1.04 bits per heavy atom. The summed E-state index contributed by atoms with van der Waals surface area (Å²) in [6.07, 6.45) is -1.31. The molecule has 3 nitrogen and oxygen atoms in total. The third-order valence-corrected chi connectivity index (χ3v) is 4.02. The SMILES string of the molecule is CN(C)C=C(C(=O)c1cccc(C(F)(F)F)c1)c1ccnc2ccccc12. The second-order valence-electron chi connectivity index (χ2n) is 6.29. The van der Waals surface area contributed by atoms with E-state index in [1.165, 1.54) is 12.1 Å². The van der Waals surface area contributed by atoms with Crippen LogP contribution >= 0.6 is 0 Å². The molecule has 0 amide bonds. The molecule has 0 unspecified atom stereocenters. The number of pyridine rings is 1. The lowest BCUT2D eigenvalue weighted by Gasteiger charge is -2.15. The molecule has 0 N–H and O–H groups in total. The molecule has 2 aromatic carbocycles. The highest BCUT2D eigenvalue weighted by Crippen LogP contribution is 2.32. The first-order chi connectivity index (χ1) is 12.8. The van der Waals surface area contributed by atoms with Crippen LogP contribution in [0.1, 0.15) is 21.5 Å². The number of para-hydroxylation sites is 1. The smallest absolute Gasteiger partial charge is 0.383 e. The molecule has 0 aliphatic rings. The first-order valence-corrected chi connectivity index (χ1v) is 8.21. The molecular weight excluding hydrogens is 353 g/mol. The fraction of sp³-hybridized carbons (Fsp3) is 0.143. The third kappa shape index (κ3) is 4.00. The van der Waals surface area contributed by atoms with E-state index in [0.29, 0.717) is 16.7 Å². The minimum absolute atomic E-state index is 0.0150. The van der Waals surface area contributed by atoms with Gasteiger partial charge in [0.25, 0.3) is 0 Å². The summed E-state index contributed by atoms with van der Waals surface area (Å²) in [5, 5.41) is 0.758. The Kier molecular flexibility index (Phi) is 4.99. The van der Waals surface area contributed by atoms with E-state index < -0.39 is 17.5 Å². The number of Topliss-reactive ketones (excluding diaryl/α,β-unsaturated/α-hetero) is 1. The van der Waals surface area contributed by atoms with E-state index in [1.54, 1.807) is 37.5 Å². The molecule has 0 atom stereocenters. The highest BCUT2D eigenvalue weighted by atomic mass is 19.4. The Morgan fingerprint density at radius 3 is 2.48 bits per heavy atom. The molecule has 6 heteroatoms. The number of alkyl halides is 3. The van der Waals surface area contributed by atoms with Crippen LogP contribution in [0.15, 0.2) is 67.0 Å². The van der Waals surface area contributed by atoms with Crippen LogP contribution in [-0.2, 0) is 6.18 Å². The summed E-state index contributed by atoms with van der Waals surface area (Å²) >= 11 is 0. The zero-order valence-corrected chi connectivity index (χ0v) is 14.8. The highest BCUT2D eigenvalue weighted by molar-refractivity contribution is 6.30. The minimum atomic E-state index is -4.51. The Bertz CT molecular complexity index is 1020. The van der Waals surface area contributed by atoms with Gasteiger partial charge in [-0.2, -0.15) is 13.2 Å². The van der Waals surface area contributed by atoms with Crippen molar-refractivity contribution in [3.05, 3.63) is 83.7 Å². The van der Waals surface area contributed by atoms with E-state index in [-0.39, 0.29) is 5.56 Å². The van der Waals surface area contributed by atoms with Crippen LogP contribution in [0.25, 0.3) is 16.5 Å². The van der Waals surface area contributed by atoms with Crippen molar-refractivity contribution in [1.82, 2.24) is 9.88 Å². The number of carbonyl (C=O) groups excluding carboxylic acids is 1. The van der Waals surface area contributed by atoms with Crippen LogP contribution in [-0.4, -0.2) is 29.8 Å². The molecule has 0 bridgehead atoms. The normalized spacial score (nSPS) is 12.3. The van der Waals surface area contributed by atoms with Crippen LogP contribution in [0.2, 0.25) is 0 Å². The van der Waals surface area contributed by atoms with Crippen LogP contribution in [0, 0.1) is 0 Å². The lowest BCUT2D eigenvalue weighted by molar-refractivity contribution is -0.137. The summed E-state index contributed by atoms with van der Waals surface area (Å²) in [6, 6.07) is 13.5. The largest absolute Gasteiger partial charge is 0.416 e. The number of aromatic nitrogens is 1. The molecular formula is C21H17F3N2O. The van der Waals surface area contributed by atoms with E-state index in [0.717, 1.165) is 17.5 Å². The molecule has 0 aliphatic heterocycles. The maximum atomic E-state index is 13.1. The van der Waals surface area contributed by atoms with E-state index in [4.69, 9.17) is 0 Å². The van der Waals surface area contributed by atoms with Crippen molar-refractivity contribution >= 4 is 22.3 Å². The molecule has 0 fully saturated rings. The first-order valence-electron chi connectivity index (χ1n) is 8.21. The minimum Gasteiger partial charge on any atom is -0.383 e. The number of rotatable bonds is 4. The Labute approximate surface area is 154 Å². The van der Waals surface area contributed by atoms with E-state index in [9.17, 15) is 18.0 Å². The number of hydrogen-bond acceptors (Lipinski definition) is 3. The molecule has 0 saturated heterocycles. The zero-order chi connectivity index (χ0) is 19.6. The summed E-state index contributed by atoms with van der Waals surface area (Å²) < 4.78 is 39.1. The van der Waals surface area contributed by atoms with Gasteiger partial charge in [0, 0.05) is 43.0 Å². The number of allylic oxidation sites excluding steroid dienone is 1. The van der Waals surface area contributed by atoms with Crippen molar-refractivity contribution < 1.29 is 18.0 Å². The third-order valence-electron chi connectivity index (χ3n) is 4.02. The number of carbonyl (C=O) groups is 1. The van der Waals surface area contributed by atoms with Gasteiger partial charge in [0.1, 0.15) is 0 Å². The lowest BCUT2D eigenvalue weighted by atomic mass is 9.94. The van der Waals surface area contributed by atoms with Crippen molar-refractivity contribution in [2.75, 3.05) is 14.1 Å². The van der Waals surface area contributed by atoms with Crippen molar-refractivity contribution in [3.63, 3.8) is 0 Å². The first kappa shape index (κ1) is 18.6. The van der Waals surface area contributed by atoms with Crippen LogP contribution in [0.5, 0.6) is 0 Å². The molecule has 138 valence electrons. The topological polar surface area (TPSA) is 33.2 Å². The average Bonchev–Trinajstić information content (AvgIpc) is 2.64. The number of fused-ring (bicyclic) bond motifs is 1. The van der Waals surface area contributed by atoms with E-state index in [2.05, 4.69) is 4.98 Å². The standard InChI is InChI=1S/C21H17F3N2O/c1-26(2)13-18(16-10-11-25-19-9-4-3-8-17(16)19)20(27)14-6-5-7-15(12-14)21(22,23)24/h3-13H,1-2H3. The average molecular weight is 370 g/mol. The molecule has 27 heavy (non-hydrogen) atoms. The van der Waals surface area contributed by atoms with Gasteiger partial charge in [-0.25, -0.2) is 0 Å². The Morgan fingerprint density at radius 2 is 1.78 bits per heavy atom. The Balaban J connectivity index is 2.16. The van der Waals surface area contributed by atoms with E-state index in [1.807, 2.05) is 24.3 Å². The maximum Gasteiger partial charge on any atom is 0.416 e. The highest BCUT2D eigenvalue weighted by Gasteiger charge is 2.31.